The van der Waals surface area contributed by atoms with E-state index >= 15 is 0 Å². The molecule has 0 bridgehead atoms. The van der Waals surface area contributed by atoms with E-state index in [1.165, 1.54) is 35.1 Å². The lowest BCUT2D eigenvalue weighted by atomic mass is 10.1. The van der Waals surface area contributed by atoms with Crippen LogP contribution in [0, 0.1) is 0 Å². The van der Waals surface area contributed by atoms with Gasteiger partial charge in [-0.15, -0.1) is 0 Å². The second-order valence-electron chi connectivity index (χ2n) is 6.82. The molecule has 2 heterocycles. The van der Waals surface area contributed by atoms with Gasteiger partial charge in [-0.3, -0.25) is 0 Å². The zero-order valence-corrected chi connectivity index (χ0v) is 19.5. The molecule has 0 radical (unpaired) electrons. The molecule has 4 rings (SSSR count). The molecular formula is C21H18Cl2N5O4S+. The third-order valence-corrected chi connectivity index (χ3v) is 6.93. The fourth-order valence-corrected chi connectivity index (χ4v) is 5.07. The minimum absolute atomic E-state index is 0.0573. The first-order chi connectivity index (χ1) is 15.7. The van der Waals surface area contributed by atoms with Crippen molar-refractivity contribution >= 4 is 56.7 Å². The average molecular weight is 507 g/mol. The van der Waals surface area contributed by atoms with Crippen molar-refractivity contribution in [1.29, 1.82) is 0 Å². The Morgan fingerprint density at radius 1 is 1.18 bits per heavy atom. The first-order valence-corrected chi connectivity index (χ1v) is 11.9. The minimum atomic E-state index is -3.67. The molecule has 0 saturated heterocycles. The molecule has 1 atom stereocenters. The largest absolute Gasteiger partial charge is 0.462 e. The number of nitrogens with two attached hydrogens (primary N) is 1. The van der Waals surface area contributed by atoms with Crippen molar-refractivity contribution in [2.75, 3.05) is 17.1 Å². The highest BCUT2D eigenvalue weighted by molar-refractivity contribution is 7.99. The number of benzene rings is 2. The van der Waals surface area contributed by atoms with Crippen LogP contribution in [-0.4, -0.2) is 31.7 Å². The van der Waals surface area contributed by atoms with E-state index in [4.69, 9.17) is 33.7 Å². The summed E-state index contributed by atoms with van der Waals surface area (Å²) in [7, 11) is -3.67. The molecule has 12 heteroatoms. The van der Waals surface area contributed by atoms with Crippen LogP contribution in [0.25, 0.3) is 16.8 Å². The molecule has 9 nitrogen and oxygen atoms in total. The standard InChI is InChI=1S/C21H17Cl2N5O4S/c1-2-32-21(29)15-11-26-28-19(24)14(10-25-20(15)28)13-8-7-12(9-17(13)23)27-33(30,31)18-6-4-3-5-16(18)22/h3-11H,2H2,1H3,(H3-,24,25,26,27,29,30,31)/p+1. The fraction of sp³-hybridized carbons (Fsp3) is 0.0952. The highest BCUT2D eigenvalue weighted by atomic mass is 35.5. The Morgan fingerprint density at radius 2 is 1.94 bits per heavy atom. The maximum atomic E-state index is 12.8. The SMILES string of the molecule is CCOC(=O)c1cnn2c(N)c(-c3ccc(N[S+](=O)(O)c4ccccc4Cl)cc3Cl)cnc12. The van der Waals surface area contributed by atoms with Crippen LogP contribution in [0.4, 0.5) is 11.5 Å². The zero-order chi connectivity index (χ0) is 23.8. The lowest BCUT2D eigenvalue weighted by molar-refractivity contribution is 0.0528. The number of nitrogen functional groups attached to an aromatic ring is 1. The molecule has 4 N–H and O–H groups in total. The summed E-state index contributed by atoms with van der Waals surface area (Å²) >= 11 is 12.5. The van der Waals surface area contributed by atoms with E-state index in [1.54, 1.807) is 31.2 Å². The number of fused-ring (bicyclic) bond motifs is 1. The Bertz CT molecular complexity index is 1430. The molecule has 0 spiro atoms. The van der Waals surface area contributed by atoms with Crippen molar-refractivity contribution in [3.63, 3.8) is 0 Å². The number of rotatable bonds is 6. The number of carbonyl (C=O) groups excluding carboxylic acids is 1. The van der Waals surface area contributed by atoms with E-state index in [0.717, 1.165) is 0 Å². The Hall–Kier alpha value is -3.18. The van der Waals surface area contributed by atoms with E-state index < -0.39 is 16.4 Å². The number of carbonyl (C=O) groups is 1. The molecule has 0 aliphatic rings. The number of hydrogen-bond donors (Lipinski definition) is 3. The predicted octanol–water partition coefficient (Wildman–Crippen LogP) is 4.82. The second kappa shape index (κ2) is 8.99. The van der Waals surface area contributed by atoms with Crippen LogP contribution in [0.3, 0.4) is 0 Å². The van der Waals surface area contributed by atoms with Crippen LogP contribution in [-0.2, 0) is 19.3 Å². The summed E-state index contributed by atoms with van der Waals surface area (Å²) in [5.41, 5.74) is 8.00. The first-order valence-electron chi connectivity index (χ1n) is 9.61. The minimum Gasteiger partial charge on any atom is -0.462 e. The molecule has 0 aliphatic carbocycles. The number of aromatic nitrogens is 3. The number of nitrogens with zero attached hydrogens (tertiary/aromatic N) is 3. The van der Waals surface area contributed by atoms with Crippen LogP contribution in [0.2, 0.25) is 10.0 Å². The Kier molecular flexibility index (Phi) is 6.26. The first kappa shape index (κ1) is 23.0. The van der Waals surface area contributed by atoms with E-state index in [-0.39, 0.29) is 38.6 Å². The van der Waals surface area contributed by atoms with Crippen LogP contribution < -0.4 is 10.5 Å². The Morgan fingerprint density at radius 3 is 2.64 bits per heavy atom. The number of hydrogen-bond acceptors (Lipinski definition) is 6. The normalized spacial score (nSPS) is 13.0. The van der Waals surface area contributed by atoms with Gasteiger partial charge in [-0.05, 0) is 29.3 Å². The number of esters is 1. The second-order valence-corrected chi connectivity index (χ2v) is 9.33. The van der Waals surface area contributed by atoms with Gasteiger partial charge in [0.2, 0.25) is 4.90 Å². The maximum Gasteiger partial charge on any atom is 0.347 e. The highest BCUT2D eigenvalue weighted by Crippen LogP contribution is 2.35. The molecule has 0 saturated carbocycles. The molecule has 4 aromatic rings. The monoisotopic (exact) mass is 506 g/mol. The van der Waals surface area contributed by atoms with Gasteiger partial charge in [-0.2, -0.15) is 18.9 Å². The summed E-state index contributed by atoms with van der Waals surface area (Å²) in [6.45, 7) is 1.92. The van der Waals surface area contributed by atoms with Gasteiger partial charge >= 0.3 is 16.4 Å². The third-order valence-electron chi connectivity index (χ3n) is 4.71. The summed E-state index contributed by atoms with van der Waals surface area (Å²) in [6.07, 6.45) is 2.81. The Balaban J connectivity index is 1.67. The summed E-state index contributed by atoms with van der Waals surface area (Å²) in [5.74, 6) is -0.341. The zero-order valence-electron chi connectivity index (χ0n) is 17.2. The van der Waals surface area contributed by atoms with Crippen LogP contribution in [0.5, 0.6) is 0 Å². The van der Waals surface area contributed by atoms with Crippen LogP contribution >= 0.6 is 23.2 Å². The molecule has 2 aromatic carbocycles. The lowest BCUT2D eigenvalue weighted by Crippen LogP contribution is -2.20. The van der Waals surface area contributed by atoms with Crippen molar-refractivity contribution in [3.8, 4) is 11.1 Å². The fourth-order valence-electron chi connectivity index (χ4n) is 3.19. The van der Waals surface area contributed by atoms with E-state index in [9.17, 15) is 13.6 Å². The van der Waals surface area contributed by atoms with Crippen molar-refractivity contribution < 1.29 is 18.3 Å². The van der Waals surface area contributed by atoms with Gasteiger partial charge in [0, 0.05) is 23.4 Å². The van der Waals surface area contributed by atoms with Gasteiger partial charge in [0.05, 0.1) is 23.5 Å². The van der Waals surface area contributed by atoms with Gasteiger partial charge in [0.15, 0.2) is 5.65 Å². The van der Waals surface area contributed by atoms with Gasteiger partial charge in [-0.1, -0.05) is 41.4 Å². The van der Waals surface area contributed by atoms with Crippen LogP contribution in [0.1, 0.15) is 17.3 Å². The highest BCUT2D eigenvalue weighted by Gasteiger charge is 2.32. The molecule has 33 heavy (non-hydrogen) atoms. The van der Waals surface area contributed by atoms with Crippen molar-refractivity contribution in [3.05, 3.63) is 70.5 Å². The van der Waals surface area contributed by atoms with E-state index in [0.29, 0.717) is 16.8 Å². The average Bonchev–Trinajstić information content (AvgIpc) is 3.20. The lowest BCUT2D eigenvalue weighted by Gasteiger charge is -2.12. The molecule has 0 aliphatic heterocycles. The number of ether oxygens (including phenoxy) is 1. The third kappa shape index (κ3) is 4.38. The topological polar surface area (TPSA) is 132 Å². The quantitative estimate of drug-likeness (QED) is 0.252. The summed E-state index contributed by atoms with van der Waals surface area (Å²) < 4.78 is 32.1. The van der Waals surface area contributed by atoms with E-state index in [2.05, 4.69) is 14.8 Å². The van der Waals surface area contributed by atoms with Gasteiger partial charge < -0.3 is 10.5 Å². The summed E-state index contributed by atoms with van der Waals surface area (Å²) in [6, 6.07) is 11.0. The Labute approximate surface area is 199 Å². The number of nitrogens with one attached hydrogen (secondary N) is 1. The van der Waals surface area contributed by atoms with E-state index in [1.807, 2.05) is 0 Å². The molecule has 2 aromatic heterocycles. The van der Waals surface area contributed by atoms with Crippen molar-refractivity contribution in [2.45, 2.75) is 11.8 Å². The summed E-state index contributed by atoms with van der Waals surface area (Å²) in [4.78, 5) is 16.4. The molecule has 0 amide bonds. The van der Waals surface area contributed by atoms with Crippen molar-refractivity contribution in [1.82, 2.24) is 14.6 Å². The van der Waals surface area contributed by atoms with Crippen LogP contribution in [0.15, 0.2) is 59.8 Å². The van der Waals surface area contributed by atoms with Gasteiger partial charge in [-0.25, -0.2) is 9.78 Å². The smallest absolute Gasteiger partial charge is 0.347 e. The number of halogens is 2. The maximum absolute atomic E-state index is 12.8. The van der Waals surface area contributed by atoms with Crippen molar-refractivity contribution in [2.24, 2.45) is 0 Å². The molecule has 170 valence electrons. The molecule has 0 fully saturated rings. The van der Waals surface area contributed by atoms with Gasteiger partial charge in [0.1, 0.15) is 16.4 Å². The number of anilines is 2. The van der Waals surface area contributed by atoms with Gasteiger partial charge in [0.25, 0.3) is 0 Å². The summed E-state index contributed by atoms with van der Waals surface area (Å²) in [5, 5.41) is 4.55. The predicted molar refractivity (Wildman–Crippen MR) is 128 cm³/mol. The molecular weight excluding hydrogens is 489 g/mol. The molecule has 1 unspecified atom stereocenters.